The molecule has 0 unspecified atom stereocenters. The van der Waals surface area contributed by atoms with Crippen LogP contribution in [0.2, 0.25) is 0 Å². The van der Waals surface area contributed by atoms with Crippen molar-refractivity contribution in [1.29, 1.82) is 0 Å². The van der Waals surface area contributed by atoms with E-state index in [-0.39, 0.29) is 0 Å². The fraction of sp³-hybridized carbons (Fsp3) is 0.333. The average molecular weight is 283 g/mol. The maximum Gasteiger partial charge on any atom is 0.0160 e. The van der Waals surface area contributed by atoms with Crippen molar-refractivity contribution in [2.75, 3.05) is 19.6 Å². The van der Waals surface area contributed by atoms with E-state index in [2.05, 4.69) is 47.2 Å². The first-order valence-corrected chi connectivity index (χ1v) is 8.20. The zero-order chi connectivity index (χ0) is 13.8. The van der Waals surface area contributed by atoms with E-state index < -0.39 is 0 Å². The van der Waals surface area contributed by atoms with Gasteiger partial charge in [0.25, 0.3) is 0 Å². The Kier molecular flexibility index (Phi) is 4.34. The SMILES string of the molecule is C=CCN1CCc2ccccc2Cc2ccsc2CC1. The van der Waals surface area contributed by atoms with E-state index in [1.807, 2.05) is 17.4 Å². The molecule has 0 fully saturated rings. The summed E-state index contributed by atoms with van der Waals surface area (Å²) in [6.07, 6.45) is 5.43. The van der Waals surface area contributed by atoms with E-state index in [0.717, 1.165) is 32.5 Å². The molecule has 20 heavy (non-hydrogen) atoms. The molecule has 1 aromatic carbocycles. The second-order valence-corrected chi connectivity index (χ2v) is 6.40. The average Bonchev–Trinajstić information content (AvgIpc) is 2.91. The molecular formula is C18H21NS. The van der Waals surface area contributed by atoms with Crippen molar-refractivity contribution in [3.05, 3.63) is 69.9 Å². The molecule has 0 atom stereocenters. The van der Waals surface area contributed by atoms with Crippen LogP contribution in [0.25, 0.3) is 0 Å². The Morgan fingerprint density at radius 1 is 1.05 bits per heavy atom. The Balaban J connectivity index is 1.93. The summed E-state index contributed by atoms with van der Waals surface area (Å²) in [5.41, 5.74) is 4.51. The summed E-state index contributed by atoms with van der Waals surface area (Å²) >= 11 is 1.91. The molecule has 1 aliphatic heterocycles. The highest BCUT2D eigenvalue weighted by molar-refractivity contribution is 7.10. The number of nitrogens with zero attached hydrogens (tertiary/aromatic N) is 1. The number of fused-ring (bicyclic) bond motifs is 2. The first-order chi connectivity index (χ1) is 9.86. The maximum absolute atomic E-state index is 3.89. The van der Waals surface area contributed by atoms with Gasteiger partial charge < -0.3 is 0 Å². The summed E-state index contributed by atoms with van der Waals surface area (Å²) < 4.78 is 0. The van der Waals surface area contributed by atoms with Gasteiger partial charge in [0.1, 0.15) is 0 Å². The number of benzene rings is 1. The predicted octanol–water partition coefficient (Wildman–Crippen LogP) is 3.93. The Hall–Kier alpha value is -1.38. The molecular weight excluding hydrogens is 262 g/mol. The molecule has 0 spiro atoms. The minimum atomic E-state index is 0.989. The van der Waals surface area contributed by atoms with Gasteiger partial charge in [-0.3, -0.25) is 4.90 Å². The zero-order valence-corrected chi connectivity index (χ0v) is 12.7. The third-order valence-electron chi connectivity index (χ3n) is 4.08. The van der Waals surface area contributed by atoms with Gasteiger partial charge in [0.15, 0.2) is 0 Å². The van der Waals surface area contributed by atoms with Crippen molar-refractivity contribution >= 4 is 11.3 Å². The fourth-order valence-electron chi connectivity index (χ4n) is 2.94. The molecule has 2 heterocycles. The van der Waals surface area contributed by atoms with Crippen molar-refractivity contribution in [2.24, 2.45) is 0 Å². The van der Waals surface area contributed by atoms with Gasteiger partial charge >= 0.3 is 0 Å². The van der Waals surface area contributed by atoms with E-state index in [0.29, 0.717) is 0 Å². The van der Waals surface area contributed by atoms with E-state index >= 15 is 0 Å². The van der Waals surface area contributed by atoms with Gasteiger partial charge in [-0.2, -0.15) is 0 Å². The molecule has 3 rings (SSSR count). The highest BCUT2D eigenvalue weighted by atomic mass is 32.1. The van der Waals surface area contributed by atoms with Crippen LogP contribution in [0, 0.1) is 0 Å². The summed E-state index contributed by atoms with van der Waals surface area (Å²) in [5, 5.41) is 2.24. The van der Waals surface area contributed by atoms with E-state index in [1.165, 1.54) is 23.1 Å². The van der Waals surface area contributed by atoms with Gasteiger partial charge in [-0.15, -0.1) is 17.9 Å². The lowest BCUT2D eigenvalue weighted by molar-refractivity contribution is 0.310. The highest BCUT2D eigenvalue weighted by Gasteiger charge is 2.13. The van der Waals surface area contributed by atoms with Crippen LogP contribution in [-0.4, -0.2) is 24.5 Å². The van der Waals surface area contributed by atoms with Crippen molar-refractivity contribution in [1.82, 2.24) is 4.90 Å². The number of hydrogen-bond donors (Lipinski definition) is 0. The first-order valence-electron chi connectivity index (χ1n) is 7.32. The molecule has 0 radical (unpaired) electrons. The molecule has 0 N–H and O–H groups in total. The molecule has 104 valence electrons. The molecule has 1 aromatic heterocycles. The summed E-state index contributed by atoms with van der Waals surface area (Å²) in [5.74, 6) is 0. The molecule has 1 aliphatic rings. The van der Waals surface area contributed by atoms with Crippen molar-refractivity contribution < 1.29 is 0 Å². The topological polar surface area (TPSA) is 3.24 Å². The minimum absolute atomic E-state index is 0.989. The van der Waals surface area contributed by atoms with Crippen LogP contribution in [0.3, 0.4) is 0 Å². The van der Waals surface area contributed by atoms with Gasteiger partial charge in [-0.1, -0.05) is 30.3 Å². The molecule has 1 nitrogen and oxygen atoms in total. The van der Waals surface area contributed by atoms with E-state index in [9.17, 15) is 0 Å². The molecule has 0 saturated heterocycles. The molecule has 0 saturated carbocycles. The molecule has 0 bridgehead atoms. The predicted molar refractivity (Wildman–Crippen MR) is 87.6 cm³/mol. The third-order valence-corrected chi connectivity index (χ3v) is 5.10. The van der Waals surface area contributed by atoms with E-state index in [4.69, 9.17) is 0 Å². The Labute approximate surface area is 125 Å². The lowest BCUT2D eigenvalue weighted by Crippen LogP contribution is -2.29. The van der Waals surface area contributed by atoms with Crippen LogP contribution in [0.5, 0.6) is 0 Å². The zero-order valence-electron chi connectivity index (χ0n) is 11.8. The van der Waals surface area contributed by atoms with Gasteiger partial charge in [-0.05, 0) is 47.4 Å². The smallest absolute Gasteiger partial charge is 0.0160 e. The van der Waals surface area contributed by atoms with Crippen LogP contribution in [-0.2, 0) is 19.3 Å². The third kappa shape index (κ3) is 3.02. The standard InChI is InChI=1S/C18H21NS/c1-2-10-19-11-7-15-5-3-4-6-16(15)14-17-9-13-20-18(17)8-12-19/h2-6,9,13H,1,7-8,10-12,14H2. The van der Waals surface area contributed by atoms with Crippen LogP contribution in [0.4, 0.5) is 0 Å². The van der Waals surface area contributed by atoms with Gasteiger partial charge in [0.05, 0.1) is 0 Å². The minimum Gasteiger partial charge on any atom is -0.299 e. The van der Waals surface area contributed by atoms with Crippen LogP contribution in [0.1, 0.15) is 21.6 Å². The van der Waals surface area contributed by atoms with Crippen molar-refractivity contribution in [2.45, 2.75) is 19.3 Å². The Morgan fingerprint density at radius 2 is 1.85 bits per heavy atom. The van der Waals surface area contributed by atoms with Crippen molar-refractivity contribution in [3.63, 3.8) is 0 Å². The monoisotopic (exact) mass is 283 g/mol. The van der Waals surface area contributed by atoms with Crippen LogP contribution in [0.15, 0.2) is 48.4 Å². The van der Waals surface area contributed by atoms with Gasteiger partial charge in [0, 0.05) is 24.5 Å². The number of rotatable bonds is 2. The first kappa shape index (κ1) is 13.6. The fourth-order valence-corrected chi connectivity index (χ4v) is 3.84. The maximum atomic E-state index is 3.89. The largest absolute Gasteiger partial charge is 0.299 e. The lowest BCUT2D eigenvalue weighted by Gasteiger charge is -2.23. The summed E-state index contributed by atoms with van der Waals surface area (Å²) in [6.45, 7) is 7.15. The molecule has 2 aromatic rings. The number of hydrogen-bond acceptors (Lipinski definition) is 2. The Morgan fingerprint density at radius 3 is 2.70 bits per heavy atom. The summed E-state index contributed by atoms with van der Waals surface area (Å²) in [4.78, 5) is 4.06. The molecule has 2 heteroatoms. The summed E-state index contributed by atoms with van der Waals surface area (Å²) in [7, 11) is 0. The molecule has 0 amide bonds. The van der Waals surface area contributed by atoms with Gasteiger partial charge in [0.2, 0.25) is 0 Å². The quantitative estimate of drug-likeness (QED) is 0.755. The van der Waals surface area contributed by atoms with Crippen LogP contribution >= 0.6 is 11.3 Å². The Bertz CT molecular complexity index is 585. The van der Waals surface area contributed by atoms with Gasteiger partial charge in [-0.25, -0.2) is 0 Å². The number of thiophene rings is 1. The second kappa shape index (κ2) is 6.38. The van der Waals surface area contributed by atoms with E-state index in [1.54, 1.807) is 4.88 Å². The normalized spacial score (nSPS) is 16.2. The lowest BCUT2D eigenvalue weighted by atomic mass is 9.96. The second-order valence-electron chi connectivity index (χ2n) is 5.40. The van der Waals surface area contributed by atoms with Crippen LogP contribution < -0.4 is 0 Å². The highest BCUT2D eigenvalue weighted by Crippen LogP contribution is 2.24. The molecule has 0 aliphatic carbocycles. The van der Waals surface area contributed by atoms with Crippen molar-refractivity contribution in [3.8, 4) is 0 Å². The summed E-state index contributed by atoms with van der Waals surface area (Å²) in [6, 6.07) is 11.2.